The number of carbonyl (C=O) groups excluding carboxylic acids is 1. The molecule has 7 heteroatoms. The molecular formula is C13H12F3N3O. The molecule has 1 aliphatic heterocycles. The van der Waals surface area contributed by atoms with Gasteiger partial charge in [-0.2, -0.15) is 18.4 Å². The van der Waals surface area contributed by atoms with Crippen molar-refractivity contribution in [1.82, 2.24) is 0 Å². The lowest BCUT2D eigenvalue weighted by molar-refractivity contribution is -0.137. The van der Waals surface area contributed by atoms with E-state index in [2.05, 4.69) is 0 Å². The van der Waals surface area contributed by atoms with E-state index < -0.39 is 11.7 Å². The SMILES string of the molecule is N#Cc1cc(C(F)(F)F)ccc1N1CC(CN)CC1=O. The van der Waals surface area contributed by atoms with Crippen molar-refractivity contribution in [3.63, 3.8) is 0 Å². The highest BCUT2D eigenvalue weighted by atomic mass is 19.4. The Morgan fingerprint density at radius 1 is 1.45 bits per heavy atom. The maximum Gasteiger partial charge on any atom is 0.416 e. The highest BCUT2D eigenvalue weighted by Crippen LogP contribution is 2.34. The fourth-order valence-corrected chi connectivity index (χ4v) is 2.21. The summed E-state index contributed by atoms with van der Waals surface area (Å²) in [6, 6.07) is 4.51. The van der Waals surface area contributed by atoms with Crippen molar-refractivity contribution in [3.8, 4) is 6.07 Å². The molecule has 1 saturated heterocycles. The molecule has 1 heterocycles. The zero-order valence-electron chi connectivity index (χ0n) is 10.4. The van der Waals surface area contributed by atoms with E-state index in [1.807, 2.05) is 0 Å². The number of carbonyl (C=O) groups is 1. The van der Waals surface area contributed by atoms with Crippen molar-refractivity contribution in [3.05, 3.63) is 29.3 Å². The van der Waals surface area contributed by atoms with Gasteiger partial charge in [0.1, 0.15) is 6.07 Å². The number of rotatable bonds is 2. The maximum atomic E-state index is 12.6. The normalized spacial score (nSPS) is 19.2. The number of anilines is 1. The second kappa shape index (κ2) is 5.13. The minimum absolute atomic E-state index is 0.0312. The van der Waals surface area contributed by atoms with Gasteiger partial charge in [-0.1, -0.05) is 0 Å². The van der Waals surface area contributed by atoms with Crippen LogP contribution < -0.4 is 10.6 Å². The monoisotopic (exact) mass is 283 g/mol. The van der Waals surface area contributed by atoms with Crippen LogP contribution in [0, 0.1) is 17.2 Å². The van der Waals surface area contributed by atoms with Gasteiger partial charge in [0, 0.05) is 13.0 Å². The van der Waals surface area contributed by atoms with Gasteiger partial charge in [0.25, 0.3) is 0 Å². The molecule has 1 unspecified atom stereocenters. The van der Waals surface area contributed by atoms with Crippen LogP contribution in [0.15, 0.2) is 18.2 Å². The summed E-state index contributed by atoms with van der Waals surface area (Å²) in [6.45, 7) is 0.653. The first-order valence-corrected chi connectivity index (χ1v) is 5.98. The molecule has 1 aliphatic rings. The Morgan fingerprint density at radius 3 is 2.65 bits per heavy atom. The Hall–Kier alpha value is -2.07. The molecule has 0 radical (unpaired) electrons. The van der Waals surface area contributed by atoms with Crippen molar-refractivity contribution in [2.75, 3.05) is 18.0 Å². The third-order valence-corrected chi connectivity index (χ3v) is 3.27. The fraction of sp³-hybridized carbons (Fsp3) is 0.385. The number of hydrogen-bond donors (Lipinski definition) is 1. The third kappa shape index (κ3) is 2.60. The molecule has 0 aliphatic carbocycles. The van der Waals surface area contributed by atoms with Crippen LogP contribution in [0.3, 0.4) is 0 Å². The minimum atomic E-state index is -4.51. The number of alkyl halides is 3. The van der Waals surface area contributed by atoms with Gasteiger partial charge in [0.15, 0.2) is 0 Å². The van der Waals surface area contributed by atoms with E-state index in [1.54, 1.807) is 6.07 Å². The standard InChI is InChI=1S/C13H12F3N3O/c14-13(15,16)10-1-2-11(9(4-10)6-18)19-7-8(5-17)3-12(19)20/h1-2,4,8H,3,5,7,17H2. The van der Waals surface area contributed by atoms with Crippen molar-refractivity contribution in [2.45, 2.75) is 12.6 Å². The number of halogens is 3. The fourth-order valence-electron chi connectivity index (χ4n) is 2.21. The number of nitrogens with zero attached hydrogens (tertiary/aromatic N) is 2. The van der Waals surface area contributed by atoms with Crippen LogP contribution in [0.5, 0.6) is 0 Å². The van der Waals surface area contributed by atoms with Gasteiger partial charge in [0.2, 0.25) is 5.91 Å². The van der Waals surface area contributed by atoms with Gasteiger partial charge in [-0.25, -0.2) is 0 Å². The zero-order chi connectivity index (χ0) is 14.9. The summed E-state index contributed by atoms with van der Waals surface area (Å²) in [7, 11) is 0. The van der Waals surface area contributed by atoms with Crippen LogP contribution in [0.25, 0.3) is 0 Å². The second-order valence-electron chi connectivity index (χ2n) is 4.65. The lowest BCUT2D eigenvalue weighted by Crippen LogP contribution is -2.26. The Labute approximate surface area is 113 Å². The smallest absolute Gasteiger partial charge is 0.330 e. The Bertz CT molecular complexity index is 577. The summed E-state index contributed by atoms with van der Waals surface area (Å²) >= 11 is 0. The molecule has 1 aromatic carbocycles. The number of nitrogens with two attached hydrogens (primary N) is 1. The summed E-state index contributed by atoms with van der Waals surface area (Å²) < 4.78 is 37.8. The van der Waals surface area contributed by atoms with Gasteiger partial charge in [-0.05, 0) is 30.7 Å². The Balaban J connectivity index is 2.39. The summed E-state index contributed by atoms with van der Waals surface area (Å²) in [5, 5.41) is 9.00. The largest absolute Gasteiger partial charge is 0.416 e. The number of hydrogen-bond acceptors (Lipinski definition) is 3. The number of nitriles is 1. The Kier molecular flexibility index (Phi) is 3.68. The average Bonchev–Trinajstić information content (AvgIpc) is 2.78. The quantitative estimate of drug-likeness (QED) is 0.901. The van der Waals surface area contributed by atoms with Crippen molar-refractivity contribution in [2.24, 2.45) is 11.7 Å². The first kappa shape index (κ1) is 14.3. The molecule has 2 N–H and O–H groups in total. The molecule has 0 aromatic heterocycles. The second-order valence-corrected chi connectivity index (χ2v) is 4.65. The highest BCUT2D eigenvalue weighted by molar-refractivity contribution is 5.97. The molecule has 0 bridgehead atoms. The van der Waals surface area contributed by atoms with Gasteiger partial charge in [-0.15, -0.1) is 0 Å². The predicted molar refractivity (Wildman–Crippen MR) is 65.7 cm³/mol. The van der Waals surface area contributed by atoms with Crippen LogP contribution in [-0.2, 0) is 11.0 Å². The molecule has 1 fully saturated rings. The average molecular weight is 283 g/mol. The van der Waals surface area contributed by atoms with Gasteiger partial charge in [0.05, 0.1) is 16.8 Å². The van der Waals surface area contributed by atoms with Crippen LogP contribution in [0.4, 0.5) is 18.9 Å². The van der Waals surface area contributed by atoms with E-state index in [4.69, 9.17) is 11.0 Å². The van der Waals surface area contributed by atoms with E-state index in [0.717, 1.165) is 18.2 Å². The zero-order valence-corrected chi connectivity index (χ0v) is 10.4. The van der Waals surface area contributed by atoms with Crippen LogP contribution >= 0.6 is 0 Å². The van der Waals surface area contributed by atoms with E-state index in [9.17, 15) is 18.0 Å². The molecule has 2 rings (SSSR count). The topological polar surface area (TPSA) is 70.1 Å². The number of benzene rings is 1. The van der Waals surface area contributed by atoms with E-state index in [0.29, 0.717) is 13.1 Å². The molecule has 0 spiro atoms. The molecule has 1 atom stereocenters. The lowest BCUT2D eigenvalue weighted by atomic mass is 10.1. The molecule has 1 amide bonds. The van der Waals surface area contributed by atoms with Crippen LogP contribution in [0.1, 0.15) is 17.5 Å². The summed E-state index contributed by atoms with van der Waals surface area (Å²) in [6.07, 6.45) is -4.26. The van der Waals surface area contributed by atoms with E-state index in [1.165, 1.54) is 4.90 Å². The van der Waals surface area contributed by atoms with Gasteiger partial charge < -0.3 is 10.6 Å². The predicted octanol–water partition coefficient (Wildman–Crippen LogP) is 1.89. The van der Waals surface area contributed by atoms with Crippen molar-refractivity contribution >= 4 is 11.6 Å². The van der Waals surface area contributed by atoms with E-state index in [-0.39, 0.29) is 29.5 Å². The number of amides is 1. The molecular weight excluding hydrogens is 271 g/mol. The molecule has 1 aromatic rings. The maximum absolute atomic E-state index is 12.6. The van der Waals surface area contributed by atoms with Crippen molar-refractivity contribution in [1.29, 1.82) is 5.26 Å². The first-order chi connectivity index (χ1) is 9.36. The van der Waals surface area contributed by atoms with Gasteiger partial charge >= 0.3 is 6.18 Å². The lowest BCUT2D eigenvalue weighted by Gasteiger charge is -2.19. The molecule has 20 heavy (non-hydrogen) atoms. The molecule has 0 saturated carbocycles. The Morgan fingerprint density at radius 2 is 2.15 bits per heavy atom. The molecule has 4 nitrogen and oxygen atoms in total. The minimum Gasteiger partial charge on any atom is -0.330 e. The van der Waals surface area contributed by atoms with Crippen LogP contribution in [-0.4, -0.2) is 19.0 Å². The molecule has 106 valence electrons. The summed E-state index contributed by atoms with van der Waals surface area (Å²) in [5.41, 5.74) is 4.64. The van der Waals surface area contributed by atoms with Crippen molar-refractivity contribution < 1.29 is 18.0 Å². The van der Waals surface area contributed by atoms with Gasteiger partial charge in [-0.3, -0.25) is 4.79 Å². The summed E-state index contributed by atoms with van der Waals surface area (Å²) in [5.74, 6) is -0.256. The summed E-state index contributed by atoms with van der Waals surface area (Å²) in [4.78, 5) is 13.2. The first-order valence-electron chi connectivity index (χ1n) is 5.98. The third-order valence-electron chi connectivity index (χ3n) is 3.27. The van der Waals surface area contributed by atoms with E-state index >= 15 is 0 Å². The van der Waals surface area contributed by atoms with Crippen LogP contribution in [0.2, 0.25) is 0 Å². The highest BCUT2D eigenvalue weighted by Gasteiger charge is 2.34.